The van der Waals surface area contributed by atoms with E-state index < -0.39 is 5.60 Å². The molecule has 2 N–H and O–H groups in total. The largest absolute Gasteiger partial charge is 0.444 e. The summed E-state index contributed by atoms with van der Waals surface area (Å²) in [6, 6.07) is 8.02. The Bertz CT molecular complexity index is 465. The van der Waals surface area contributed by atoms with Gasteiger partial charge in [-0.2, -0.15) is 0 Å². The zero-order chi connectivity index (χ0) is 14.0. The molecule has 1 aromatic carbocycles. The maximum Gasteiger partial charge on any atom is 0.410 e. The van der Waals surface area contributed by atoms with E-state index in [4.69, 9.17) is 10.5 Å². The van der Waals surface area contributed by atoms with Gasteiger partial charge in [0.2, 0.25) is 0 Å². The van der Waals surface area contributed by atoms with Crippen molar-refractivity contribution in [3.05, 3.63) is 35.4 Å². The van der Waals surface area contributed by atoms with E-state index in [0.717, 1.165) is 17.5 Å². The number of nitrogens with zero attached hydrogens (tertiary/aromatic N) is 1. The number of benzene rings is 1. The molecule has 2 rings (SSSR count). The number of ether oxygens (including phenoxy) is 1. The zero-order valence-electron chi connectivity index (χ0n) is 11.8. The van der Waals surface area contributed by atoms with Gasteiger partial charge in [0.25, 0.3) is 0 Å². The highest BCUT2D eigenvalue weighted by molar-refractivity contribution is 5.68. The molecule has 4 heteroatoms. The molecule has 1 amide bonds. The molecule has 1 unspecified atom stereocenters. The van der Waals surface area contributed by atoms with Crippen molar-refractivity contribution in [2.45, 2.75) is 45.4 Å². The minimum atomic E-state index is -0.467. The van der Waals surface area contributed by atoms with Gasteiger partial charge in [0.1, 0.15) is 5.60 Å². The van der Waals surface area contributed by atoms with Crippen molar-refractivity contribution in [2.75, 3.05) is 6.54 Å². The van der Waals surface area contributed by atoms with Crippen molar-refractivity contribution in [1.29, 1.82) is 0 Å². The van der Waals surface area contributed by atoms with Gasteiger partial charge in [-0.1, -0.05) is 24.3 Å². The Kier molecular flexibility index (Phi) is 3.80. The lowest BCUT2D eigenvalue weighted by Crippen LogP contribution is -2.36. The number of amides is 1. The molecule has 0 spiro atoms. The predicted octanol–water partition coefficient (Wildman–Crippen LogP) is 2.83. The van der Waals surface area contributed by atoms with Crippen molar-refractivity contribution in [1.82, 2.24) is 4.90 Å². The number of nitrogens with two attached hydrogens (primary N) is 1. The third kappa shape index (κ3) is 3.47. The lowest BCUT2D eigenvalue weighted by molar-refractivity contribution is 0.0235. The first kappa shape index (κ1) is 13.9. The van der Waals surface area contributed by atoms with E-state index >= 15 is 0 Å². The fraction of sp³-hybridized carbons (Fsp3) is 0.533. The summed E-state index contributed by atoms with van der Waals surface area (Å²) in [5.41, 5.74) is 7.93. The van der Waals surface area contributed by atoms with E-state index in [1.165, 1.54) is 0 Å². The minimum absolute atomic E-state index is 0.0105. The highest BCUT2D eigenvalue weighted by Gasteiger charge is 2.26. The monoisotopic (exact) mass is 262 g/mol. The number of rotatable bonds is 0. The zero-order valence-corrected chi connectivity index (χ0v) is 11.8. The van der Waals surface area contributed by atoms with Crippen molar-refractivity contribution in [3.8, 4) is 0 Å². The van der Waals surface area contributed by atoms with E-state index in [1.807, 2.05) is 45.0 Å². The van der Waals surface area contributed by atoms with E-state index in [9.17, 15) is 4.79 Å². The number of fused-ring (bicyclic) bond motifs is 1. The first-order valence-corrected chi connectivity index (χ1v) is 6.68. The van der Waals surface area contributed by atoms with Crippen LogP contribution in [0.25, 0.3) is 0 Å². The summed E-state index contributed by atoms with van der Waals surface area (Å²) in [5, 5.41) is 0. The van der Waals surface area contributed by atoms with Crippen LogP contribution in [0, 0.1) is 0 Å². The standard InChI is InChI=1S/C15H22N2O2/c1-15(2,3)19-14(18)17-9-8-13(16)12-7-5-4-6-11(12)10-17/h4-7,13H,8-10,16H2,1-3H3. The predicted molar refractivity (Wildman–Crippen MR) is 74.6 cm³/mol. The number of carbonyl (C=O) groups excluding carboxylic acids is 1. The molecule has 0 saturated heterocycles. The van der Waals surface area contributed by atoms with E-state index in [2.05, 4.69) is 0 Å². The van der Waals surface area contributed by atoms with E-state index in [-0.39, 0.29) is 12.1 Å². The van der Waals surface area contributed by atoms with Gasteiger partial charge in [0.15, 0.2) is 0 Å². The summed E-state index contributed by atoms with van der Waals surface area (Å²) in [6.07, 6.45) is 0.493. The molecule has 0 fully saturated rings. The second-order valence-electron chi connectivity index (χ2n) is 6.00. The van der Waals surface area contributed by atoms with Gasteiger partial charge in [-0.05, 0) is 38.3 Å². The van der Waals surface area contributed by atoms with Crippen LogP contribution in [-0.4, -0.2) is 23.1 Å². The molecule has 1 atom stereocenters. The molecule has 1 aliphatic heterocycles. The fourth-order valence-corrected chi connectivity index (χ4v) is 2.26. The van der Waals surface area contributed by atoms with Crippen LogP contribution < -0.4 is 5.73 Å². The summed E-state index contributed by atoms with van der Waals surface area (Å²) in [7, 11) is 0. The van der Waals surface area contributed by atoms with Gasteiger partial charge in [0, 0.05) is 19.1 Å². The van der Waals surface area contributed by atoms with Crippen LogP contribution >= 0.6 is 0 Å². The van der Waals surface area contributed by atoms with Crippen LogP contribution in [0.3, 0.4) is 0 Å². The maximum atomic E-state index is 12.1. The Morgan fingerprint density at radius 3 is 2.74 bits per heavy atom. The van der Waals surface area contributed by atoms with Crippen LogP contribution in [0.4, 0.5) is 4.79 Å². The third-order valence-electron chi connectivity index (χ3n) is 3.18. The lowest BCUT2D eigenvalue weighted by Gasteiger charge is -2.26. The number of hydrogen-bond donors (Lipinski definition) is 1. The molecule has 1 heterocycles. The summed E-state index contributed by atoms with van der Waals surface area (Å²) < 4.78 is 5.43. The third-order valence-corrected chi connectivity index (χ3v) is 3.18. The molecule has 0 aliphatic carbocycles. The second kappa shape index (κ2) is 5.21. The molecule has 0 radical (unpaired) electrons. The van der Waals surface area contributed by atoms with Crippen molar-refractivity contribution < 1.29 is 9.53 Å². The summed E-state index contributed by atoms with van der Waals surface area (Å²) in [6.45, 7) is 6.83. The fourth-order valence-electron chi connectivity index (χ4n) is 2.26. The molecule has 0 aromatic heterocycles. The van der Waals surface area contributed by atoms with Gasteiger partial charge in [0.05, 0.1) is 0 Å². The lowest BCUT2D eigenvalue weighted by atomic mass is 10.0. The van der Waals surface area contributed by atoms with Crippen LogP contribution in [-0.2, 0) is 11.3 Å². The first-order chi connectivity index (χ1) is 8.87. The van der Waals surface area contributed by atoms with Crippen LogP contribution in [0.5, 0.6) is 0 Å². The molecule has 104 valence electrons. The summed E-state index contributed by atoms with van der Waals surface area (Å²) >= 11 is 0. The van der Waals surface area contributed by atoms with Crippen molar-refractivity contribution in [2.24, 2.45) is 5.73 Å². The average Bonchev–Trinajstić information content (AvgIpc) is 2.47. The Morgan fingerprint density at radius 1 is 1.37 bits per heavy atom. The molecule has 0 saturated carbocycles. The smallest absolute Gasteiger partial charge is 0.410 e. The SMILES string of the molecule is CC(C)(C)OC(=O)N1CCC(N)c2ccccc2C1. The molecule has 1 aliphatic rings. The van der Waals surface area contributed by atoms with Crippen LogP contribution in [0.15, 0.2) is 24.3 Å². The highest BCUT2D eigenvalue weighted by atomic mass is 16.6. The normalized spacial score (nSPS) is 19.6. The van der Waals surface area contributed by atoms with Crippen LogP contribution in [0.2, 0.25) is 0 Å². The maximum absolute atomic E-state index is 12.1. The number of hydrogen-bond acceptors (Lipinski definition) is 3. The Labute approximate surface area is 114 Å². The van der Waals surface area contributed by atoms with Gasteiger partial charge in [-0.15, -0.1) is 0 Å². The second-order valence-corrected chi connectivity index (χ2v) is 6.00. The quantitative estimate of drug-likeness (QED) is 0.782. The topological polar surface area (TPSA) is 55.6 Å². The molecule has 4 nitrogen and oxygen atoms in total. The minimum Gasteiger partial charge on any atom is -0.444 e. The van der Waals surface area contributed by atoms with Crippen LogP contribution in [0.1, 0.15) is 44.4 Å². The Morgan fingerprint density at radius 2 is 2.05 bits per heavy atom. The molecule has 0 bridgehead atoms. The Hall–Kier alpha value is -1.55. The Balaban J connectivity index is 2.17. The van der Waals surface area contributed by atoms with Gasteiger partial charge < -0.3 is 15.4 Å². The molecule has 1 aromatic rings. The van der Waals surface area contributed by atoms with E-state index in [1.54, 1.807) is 4.90 Å². The molecule has 19 heavy (non-hydrogen) atoms. The summed E-state index contributed by atoms with van der Waals surface area (Å²) in [5.74, 6) is 0. The van der Waals surface area contributed by atoms with E-state index in [0.29, 0.717) is 13.1 Å². The molecular weight excluding hydrogens is 240 g/mol. The number of carbonyl (C=O) groups is 1. The molecular formula is C15H22N2O2. The highest BCUT2D eigenvalue weighted by Crippen LogP contribution is 2.25. The van der Waals surface area contributed by atoms with Gasteiger partial charge in [-0.3, -0.25) is 0 Å². The van der Waals surface area contributed by atoms with Crippen molar-refractivity contribution in [3.63, 3.8) is 0 Å². The van der Waals surface area contributed by atoms with Gasteiger partial charge in [-0.25, -0.2) is 4.79 Å². The first-order valence-electron chi connectivity index (χ1n) is 6.68. The summed E-state index contributed by atoms with van der Waals surface area (Å²) in [4.78, 5) is 13.9. The van der Waals surface area contributed by atoms with Gasteiger partial charge >= 0.3 is 6.09 Å². The van der Waals surface area contributed by atoms with Crippen molar-refractivity contribution >= 4 is 6.09 Å². The average molecular weight is 262 g/mol.